The molecule has 0 saturated carbocycles. The Labute approximate surface area is 132 Å². The molecule has 0 unspecified atom stereocenters. The van der Waals surface area contributed by atoms with Crippen molar-refractivity contribution in [2.45, 2.75) is 6.42 Å². The van der Waals surface area contributed by atoms with Crippen LogP contribution >= 0.6 is 0 Å². The third-order valence-corrected chi connectivity index (χ3v) is 3.73. The summed E-state index contributed by atoms with van der Waals surface area (Å²) in [4.78, 5) is 15.2. The van der Waals surface area contributed by atoms with Gasteiger partial charge in [0.2, 0.25) is 5.78 Å². The van der Waals surface area contributed by atoms with Crippen LogP contribution < -0.4 is 0 Å². The number of rotatable bonds is 2. The van der Waals surface area contributed by atoms with Gasteiger partial charge in [-0.05, 0) is 40.5 Å². The van der Waals surface area contributed by atoms with Crippen LogP contribution in [0.4, 0.5) is 10.1 Å². The summed E-state index contributed by atoms with van der Waals surface area (Å²) in [5.41, 5.74) is 3.45. The van der Waals surface area contributed by atoms with Crippen LogP contribution in [0.15, 0.2) is 60.4 Å². The lowest BCUT2D eigenvalue weighted by Crippen LogP contribution is -2.09. The highest BCUT2D eigenvalue weighted by Crippen LogP contribution is 2.35. The number of hydrogen-bond acceptors (Lipinski definition) is 2. The molecule has 0 radical (unpaired) electrons. The lowest BCUT2D eigenvalue weighted by molar-refractivity contribution is -0.117. The van der Waals surface area contributed by atoms with Crippen LogP contribution in [-0.2, 0) is 4.79 Å². The van der Waals surface area contributed by atoms with Gasteiger partial charge in [-0.2, -0.15) is 0 Å². The number of benzene rings is 2. The second kappa shape index (κ2) is 5.90. The number of Topliss-reactive ketones (excluding diaryl/α,β-unsaturated/α-hetero) is 1. The first-order chi connectivity index (χ1) is 11.1. The van der Waals surface area contributed by atoms with Crippen molar-refractivity contribution in [1.82, 2.24) is 0 Å². The van der Waals surface area contributed by atoms with Crippen LogP contribution in [0.3, 0.4) is 0 Å². The minimum absolute atomic E-state index is 0.0619. The van der Waals surface area contributed by atoms with Crippen LogP contribution in [-0.4, -0.2) is 10.9 Å². The number of halogens is 1. The summed E-state index contributed by atoms with van der Waals surface area (Å²) in [5.74, 6) is -1.01. The molecule has 0 bridgehead atoms. The van der Waals surface area contributed by atoms with E-state index in [1.165, 1.54) is 18.2 Å². The largest absolute Gasteiger partial charge is 0.504 e. The van der Waals surface area contributed by atoms with Crippen molar-refractivity contribution in [3.8, 4) is 0 Å². The Kier molecular flexibility index (Phi) is 3.78. The summed E-state index contributed by atoms with van der Waals surface area (Å²) in [6.45, 7) is 6.99. The first-order valence-electron chi connectivity index (χ1n) is 6.99. The van der Waals surface area contributed by atoms with Crippen molar-refractivity contribution in [2.24, 2.45) is 0 Å². The van der Waals surface area contributed by atoms with Crippen molar-refractivity contribution in [1.29, 1.82) is 0 Å². The fourth-order valence-corrected chi connectivity index (χ4v) is 2.53. The van der Waals surface area contributed by atoms with Gasteiger partial charge in [-0.15, -0.1) is 0 Å². The van der Waals surface area contributed by atoms with Gasteiger partial charge in [0.05, 0.1) is 6.57 Å². The van der Waals surface area contributed by atoms with Crippen LogP contribution in [0.1, 0.15) is 17.5 Å². The summed E-state index contributed by atoms with van der Waals surface area (Å²) in [5, 5.41) is 9.77. The lowest BCUT2D eigenvalue weighted by atomic mass is 9.86. The van der Waals surface area contributed by atoms with E-state index in [1.807, 2.05) is 0 Å². The van der Waals surface area contributed by atoms with Crippen molar-refractivity contribution in [2.75, 3.05) is 0 Å². The van der Waals surface area contributed by atoms with Crippen LogP contribution in [0.5, 0.6) is 0 Å². The van der Waals surface area contributed by atoms with Gasteiger partial charge in [0.15, 0.2) is 11.4 Å². The van der Waals surface area contributed by atoms with E-state index < -0.39 is 0 Å². The second-order valence-corrected chi connectivity index (χ2v) is 5.19. The van der Waals surface area contributed by atoms with Crippen molar-refractivity contribution >= 4 is 22.6 Å². The standard InChI is InChI=1S/C19H12FNO2/c1-21-15-8-4-13(5-9-15)17-11-19(23)18(22)10-16(17)12-2-6-14(20)7-3-12/h2-10,22H,11H2. The third kappa shape index (κ3) is 2.90. The van der Waals surface area contributed by atoms with Gasteiger partial charge in [0, 0.05) is 6.42 Å². The molecule has 0 spiro atoms. The second-order valence-electron chi connectivity index (χ2n) is 5.19. The molecule has 0 heterocycles. The molecule has 2 aromatic carbocycles. The zero-order chi connectivity index (χ0) is 16.4. The number of hydrogen-bond donors (Lipinski definition) is 1. The summed E-state index contributed by atoms with van der Waals surface area (Å²) >= 11 is 0. The predicted molar refractivity (Wildman–Crippen MR) is 86.3 cm³/mol. The van der Waals surface area contributed by atoms with Gasteiger partial charge in [0.1, 0.15) is 5.82 Å². The van der Waals surface area contributed by atoms with Gasteiger partial charge < -0.3 is 5.11 Å². The van der Waals surface area contributed by atoms with Crippen molar-refractivity contribution < 1.29 is 14.3 Å². The van der Waals surface area contributed by atoms with Gasteiger partial charge in [-0.3, -0.25) is 4.79 Å². The molecular weight excluding hydrogens is 293 g/mol. The fraction of sp³-hybridized carbons (Fsp3) is 0.0526. The molecule has 0 aliphatic heterocycles. The zero-order valence-electron chi connectivity index (χ0n) is 12.1. The molecular formula is C19H12FNO2. The molecule has 0 amide bonds. The molecule has 0 saturated heterocycles. The molecule has 0 fully saturated rings. The first-order valence-corrected chi connectivity index (χ1v) is 6.99. The number of carbonyl (C=O) groups is 1. The smallest absolute Gasteiger partial charge is 0.201 e. The average molecular weight is 305 g/mol. The molecule has 112 valence electrons. The van der Waals surface area contributed by atoms with Gasteiger partial charge in [-0.1, -0.05) is 36.4 Å². The Morgan fingerprint density at radius 3 is 2.22 bits per heavy atom. The van der Waals surface area contributed by atoms with Crippen LogP contribution in [0.25, 0.3) is 16.0 Å². The van der Waals surface area contributed by atoms with E-state index in [0.29, 0.717) is 11.3 Å². The van der Waals surface area contributed by atoms with E-state index in [-0.39, 0.29) is 23.8 Å². The Bertz CT molecular complexity index is 869. The van der Waals surface area contributed by atoms with Crippen LogP contribution in [0, 0.1) is 12.4 Å². The maximum absolute atomic E-state index is 13.1. The minimum Gasteiger partial charge on any atom is -0.504 e. The molecule has 1 N–H and O–H groups in total. The molecule has 23 heavy (non-hydrogen) atoms. The SMILES string of the molecule is [C-]#[N+]c1ccc(C2=C(c3ccc(F)cc3)C=C(O)C(=O)C2)cc1. The molecule has 3 nitrogen and oxygen atoms in total. The normalized spacial score (nSPS) is 14.4. The van der Waals surface area contributed by atoms with E-state index in [9.17, 15) is 14.3 Å². The van der Waals surface area contributed by atoms with Crippen molar-refractivity contribution in [3.05, 3.63) is 88.7 Å². The zero-order valence-corrected chi connectivity index (χ0v) is 12.1. The molecule has 4 heteroatoms. The van der Waals surface area contributed by atoms with Crippen molar-refractivity contribution in [3.63, 3.8) is 0 Å². The van der Waals surface area contributed by atoms with Crippen LogP contribution in [0.2, 0.25) is 0 Å². The third-order valence-electron chi connectivity index (χ3n) is 3.73. The summed E-state index contributed by atoms with van der Waals surface area (Å²) in [6.07, 6.45) is 1.48. The Morgan fingerprint density at radius 2 is 1.61 bits per heavy atom. The monoisotopic (exact) mass is 305 g/mol. The fourth-order valence-electron chi connectivity index (χ4n) is 2.53. The van der Waals surface area contributed by atoms with Gasteiger partial charge >= 0.3 is 0 Å². The highest BCUT2D eigenvalue weighted by molar-refractivity contribution is 6.12. The number of aliphatic hydroxyl groups excluding tert-OH is 1. The number of allylic oxidation sites excluding steroid dienone is 4. The summed E-state index contributed by atoms with van der Waals surface area (Å²) < 4.78 is 13.1. The average Bonchev–Trinajstić information content (AvgIpc) is 2.58. The predicted octanol–water partition coefficient (Wildman–Crippen LogP) is 4.70. The summed E-state index contributed by atoms with van der Waals surface area (Å²) in [6, 6.07) is 12.8. The first kappa shape index (κ1) is 14.7. The molecule has 2 aromatic rings. The maximum Gasteiger partial charge on any atom is 0.201 e. The topological polar surface area (TPSA) is 41.7 Å². The van der Waals surface area contributed by atoms with Gasteiger partial charge in [0.25, 0.3) is 0 Å². The minimum atomic E-state index is -0.361. The molecule has 3 rings (SSSR count). The Hall–Kier alpha value is -3.19. The maximum atomic E-state index is 13.1. The van der Waals surface area contributed by atoms with E-state index in [0.717, 1.165) is 16.7 Å². The molecule has 0 atom stereocenters. The van der Waals surface area contributed by atoms with E-state index in [2.05, 4.69) is 4.85 Å². The van der Waals surface area contributed by atoms with E-state index in [1.54, 1.807) is 36.4 Å². The number of nitrogens with zero attached hydrogens (tertiary/aromatic N) is 1. The Balaban J connectivity index is 2.16. The molecule has 1 aliphatic rings. The molecule has 0 aromatic heterocycles. The van der Waals surface area contributed by atoms with E-state index in [4.69, 9.17) is 6.57 Å². The van der Waals surface area contributed by atoms with E-state index >= 15 is 0 Å². The Morgan fingerprint density at radius 1 is 1.00 bits per heavy atom. The van der Waals surface area contributed by atoms with Gasteiger partial charge in [-0.25, -0.2) is 9.24 Å². The quantitative estimate of drug-likeness (QED) is 0.817. The highest BCUT2D eigenvalue weighted by atomic mass is 19.1. The summed E-state index contributed by atoms with van der Waals surface area (Å²) in [7, 11) is 0. The lowest BCUT2D eigenvalue weighted by Gasteiger charge is -2.18. The highest BCUT2D eigenvalue weighted by Gasteiger charge is 2.22. The number of ketones is 1. The number of aliphatic hydroxyl groups is 1. The molecule has 1 aliphatic carbocycles. The number of carbonyl (C=O) groups excluding carboxylic acids is 1.